The minimum Gasteiger partial charge on any atom is -0.379 e. The summed E-state index contributed by atoms with van der Waals surface area (Å²) in [6.45, 7) is 9.04. The molecule has 0 saturated carbocycles. The molecule has 1 heterocycles. The summed E-state index contributed by atoms with van der Waals surface area (Å²) < 4.78 is 5.36. The largest absolute Gasteiger partial charge is 0.379 e. The van der Waals surface area contributed by atoms with Crippen LogP contribution in [0.15, 0.2) is 29.3 Å². The number of hydrogen-bond donors (Lipinski definition) is 2. The highest BCUT2D eigenvalue weighted by molar-refractivity contribution is 14.0. The SMILES string of the molecule is CCCNC(=NCc1ccc([N+](=O)[O-])cc1)NCCCN1CCOCC1.I. The van der Waals surface area contributed by atoms with Crippen molar-refractivity contribution < 1.29 is 9.66 Å². The van der Waals surface area contributed by atoms with E-state index in [2.05, 4.69) is 27.4 Å². The molecule has 0 atom stereocenters. The number of nitro benzene ring substituents is 1. The molecule has 9 heteroatoms. The van der Waals surface area contributed by atoms with Gasteiger partial charge in [0.25, 0.3) is 5.69 Å². The van der Waals surface area contributed by atoms with E-state index in [1.165, 1.54) is 12.1 Å². The van der Waals surface area contributed by atoms with Crippen LogP contribution in [0, 0.1) is 10.1 Å². The van der Waals surface area contributed by atoms with Gasteiger partial charge in [-0.15, -0.1) is 24.0 Å². The van der Waals surface area contributed by atoms with E-state index < -0.39 is 4.92 Å². The molecule has 152 valence electrons. The van der Waals surface area contributed by atoms with E-state index in [1.54, 1.807) is 12.1 Å². The van der Waals surface area contributed by atoms with Crippen LogP contribution in [-0.4, -0.2) is 61.7 Å². The zero-order chi connectivity index (χ0) is 18.6. The van der Waals surface area contributed by atoms with Crippen LogP contribution in [0.1, 0.15) is 25.3 Å². The molecule has 0 unspecified atom stereocenters. The molecule has 1 aliphatic rings. The summed E-state index contributed by atoms with van der Waals surface area (Å²) in [5.74, 6) is 0.784. The topological polar surface area (TPSA) is 92.0 Å². The molecule has 0 amide bonds. The Morgan fingerprint density at radius 1 is 1.22 bits per heavy atom. The molecule has 1 fully saturated rings. The molecule has 1 aromatic rings. The van der Waals surface area contributed by atoms with E-state index in [-0.39, 0.29) is 29.7 Å². The standard InChI is InChI=1S/C18H29N5O3.HI/c1-2-8-19-18(20-9-3-10-22-11-13-26-14-12-22)21-15-16-4-6-17(7-5-16)23(24)25;/h4-7H,2-3,8-15H2,1H3,(H2,19,20,21);1H. The summed E-state index contributed by atoms with van der Waals surface area (Å²) in [7, 11) is 0. The molecular weight excluding hydrogens is 461 g/mol. The molecule has 1 aliphatic heterocycles. The Morgan fingerprint density at radius 3 is 2.52 bits per heavy atom. The van der Waals surface area contributed by atoms with Crippen LogP contribution in [-0.2, 0) is 11.3 Å². The maximum atomic E-state index is 10.7. The first-order chi connectivity index (χ1) is 12.7. The van der Waals surface area contributed by atoms with Crippen LogP contribution in [0.3, 0.4) is 0 Å². The van der Waals surface area contributed by atoms with Gasteiger partial charge in [0.2, 0.25) is 0 Å². The second-order valence-electron chi connectivity index (χ2n) is 6.25. The van der Waals surface area contributed by atoms with Crippen LogP contribution in [0.5, 0.6) is 0 Å². The molecule has 0 aliphatic carbocycles. The molecule has 27 heavy (non-hydrogen) atoms. The van der Waals surface area contributed by atoms with Gasteiger partial charge in [0.1, 0.15) is 0 Å². The fourth-order valence-electron chi connectivity index (χ4n) is 2.65. The maximum Gasteiger partial charge on any atom is 0.269 e. The molecule has 0 aromatic heterocycles. The Morgan fingerprint density at radius 2 is 1.89 bits per heavy atom. The van der Waals surface area contributed by atoms with Gasteiger partial charge < -0.3 is 15.4 Å². The van der Waals surface area contributed by atoms with Gasteiger partial charge in [0, 0.05) is 38.3 Å². The van der Waals surface area contributed by atoms with Crippen LogP contribution >= 0.6 is 24.0 Å². The van der Waals surface area contributed by atoms with Crippen molar-refractivity contribution in [3.05, 3.63) is 39.9 Å². The maximum absolute atomic E-state index is 10.7. The van der Waals surface area contributed by atoms with E-state index >= 15 is 0 Å². The fraction of sp³-hybridized carbons (Fsp3) is 0.611. The molecule has 0 radical (unpaired) electrons. The van der Waals surface area contributed by atoms with Crippen molar-refractivity contribution in [1.82, 2.24) is 15.5 Å². The number of hydrogen-bond acceptors (Lipinski definition) is 5. The van der Waals surface area contributed by atoms with Crippen molar-refractivity contribution in [1.29, 1.82) is 0 Å². The van der Waals surface area contributed by atoms with Crippen molar-refractivity contribution in [2.24, 2.45) is 4.99 Å². The van der Waals surface area contributed by atoms with E-state index in [4.69, 9.17) is 4.74 Å². The zero-order valence-corrected chi connectivity index (χ0v) is 18.2. The summed E-state index contributed by atoms with van der Waals surface area (Å²) in [5, 5.41) is 17.4. The van der Waals surface area contributed by atoms with Gasteiger partial charge in [-0.3, -0.25) is 15.0 Å². The number of aliphatic imine (C=N–C) groups is 1. The smallest absolute Gasteiger partial charge is 0.269 e. The highest BCUT2D eigenvalue weighted by atomic mass is 127. The number of morpholine rings is 1. The van der Waals surface area contributed by atoms with E-state index in [0.29, 0.717) is 6.54 Å². The second kappa shape index (κ2) is 13.7. The molecule has 2 N–H and O–H groups in total. The highest BCUT2D eigenvalue weighted by Gasteiger charge is 2.09. The van der Waals surface area contributed by atoms with Crippen molar-refractivity contribution in [2.75, 3.05) is 45.9 Å². The molecule has 1 saturated heterocycles. The number of rotatable bonds is 9. The normalized spacial score (nSPS) is 15.1. The molecule has 8 nitrogen and oxygen atoms in total. The predicted octanol–water partition coefficient (Wildman–Crippen LogP) is 2.38. The first-order valence-corrected chi connectivity index (χ1v) is 9.24. The lowest BCUT2D eigenvalue weighted by Gasteiger charge is -2.26. The lowest BCUT2D eigenvalue weighted by atomic mass is 10.2. The van der Waals surface area contributed by atoms with E-state index in [0.717, 1.165) is 70.3 Å². The number of halogens is 1. The lowest BCUT2D eigenvalue weighted by molar-refractivity contribution is -0.384. The van der Waals surface area contributed by atoms with Crippen molar-refractivity contribution in [3.63, 3.8) is 0 Å². The minimum atomic E-state index is -0.392. The first-order valence-electron chi connectivity index (χ1n) is 9.24. The molecule has 0 spiro atoms. The Hall–Kier alpha value is -1.46. The minimum absolute atomic E-state index is 0. The first kappa shape index (κ1) is 23.6. The molecule has 0 bridgehead atoms. The molecule has 2 rings (SSSR count). The summed E-state index contributed by atoms with van der Waals surface area (Å²) >= 11 is 0. The number of non-ortho nitro benzene ring substituents is 1. The number of guanidine groups is 1. The van der Waals surface area contributed by atoms with Gasteiger partial charge in [0.15, 0.2) is 5.96 Å². The van der Waals surface area contributed by atoms with Crippen molar-refractivity contribution >= 4 is 35.6 Å². The summed E-state index contributed by atoms with van der Waals surface area (Å²) in [5.41, 5.74) is 1.05. The average Bonchev–Trinajstić information content (AvgIpc) is 2.67. The Labute approximate surface area is 177 Å². The third-order valence-corrected chi connectivity index (χ3v) is 4.16. The second-order valence-corrected chi connectivity index (χ2v) is 6.25. The van der Waals surface area contributed by atoms with Gasteiger partial charge in [-0.25, -0.2) is 4.99 Å². The van der Waals surface area contributed by atoms with Crippen molar-refractivity contribution in [2.45, 2.75) is 26.3 Å². The summed E-state index contributed by atoms with van der Waals surface area (Å²) in [6, 6.07) is 6.52. The zero-order valence-electron chi connectivity index (χ0n) is 15.9. The highest BCUT2D eigenvalue weighted by Crippen LogP contribution is 2.12. The average molecular weight is 491 g/mol. The molecular formula is C18H30IN5O3. The summed E-state index contributed by atoms with van der Waals surface area (Å²) in [6.07, 6.45) is 2.07. The van der Waals surface area contributed by atoms with E-state index in [9.17, 15) is 10.1 Å². The number of ether oxygens (including phenoxy) is 1. The summed E-state index contributed by atoms with van der Waals surface area (Å²) in [4.78, 5) is 17.3. The Kier molecular flexibility index (Phi) is 11.9. The molecule has 1 aromatic carbocycles. The predicted molar refractivity (Wildman–Crippen MR) is 118 cm³/mol. The van der Waals surface area contributed by atoms with Gasteiger partial charge in [-0.05, 0) is 24.9 Å². The Balaban J connectivity index is 0.00000364. The number of nitro groups is 1. The number of nitrogens with zero attached hydrogens (tertiary/aromatic N) is 3. The van der Waals surface area contributed by atoms with Crippen LogP contribution in [0.4, 0.5) is 5.69 Å². The van der Waals surface area contributed by atoms with Gasteiger partial charge >= 0.3 is 0 Å². The van der Waals surface area contributed by atoms with Gasteiger partial charge in [-0.1, -0.05) is 19.1 Å². The van der Waals surface area contributed by atoms with Gasteiger partial charge in [0.05, 0.1) is 24.7 Å². The quantitative estimate of drug-likeness (QED) is 0.138. The van der Waals surface area contributed by atoms with Crippen LogP contribution < -0.4 is 10.6 Å². The third kappa shape index (κ3) is 9.34. The lowest BCUT2D eigenvalue weighted by Crippen LogP contribution is -2.41. The monoisotopic (exact) mass is 491 g/mol. The van der Waals surface area contributed by atoms with E-state index in [1.807, 2.05) is 0 Å². The van der Waals surface area contributed by atoms with Crippen LogP contribution in [0.25, 0.3) is 0 Å². The number of benzene rings is 1. The Bertz CT molecular complexity index is 577. The fourth-order valence-corrected chi connectivity index (χ4v) is 2.65. The van der Waals surface area contributed by atoms with Gasteiger partial charge in [-0.2, -0.15) is 0 Å². The van der Waals surface area contributed by atoms with Crippen molar-refractivity contribution in [3.8, 4) is 0 Å². The van der Waals surface area contributed by atoms with Crippen LogP contribution in [0.2, 0.25) is 0 Å². The number of nitrogens with one attached hydrogen (secondary N) is 2. The third-order valence-electron chi connectivity index (χ3n) is 4.16.